The van der Waals surface area contributed by atoms with Crippen LogP contribution in [0.1, 0.15) is 22.0 Å². The van der Waals surface area contributed by atoms with Crippen LogP contribution in [0.5, 0.6) is 0 Å². The molecule has 0 bridgehead atoms. The smallest absolute Gasteiger partial charge is 0.475 e. The van der Waals surface area contributed by atoms with Crippen LogP contribution in [0.3, 0.4) is 0 Å². The largest absolute Gasteiger partial charge is 0.490 e. The van der Waals surface area contributed by atoms with Crippen LogP contribution in [0.15, 0.2) is 24.5 Å². The SMILES string of the molecule is CN(C)Cc1cnc2n1CCN(C(=O)c1cccn1C)CC2.O=C(O)C(F)(F)F. The monoisotopic (exact) mass is 415 g/mol. The molecule has 29 heavy (non-hydrogen) atoms. The summed E-state index contributed by atoms with van der Waals surface area (Å²) in [7, 11) is 6.02. The van der Waals surface area contributed by atoms with Crippen molar-refractivity contribution in [2.24, 2.45) is 7.05 Å². The van der Waals surface area contributed by atoms with Gasteiger partial charge in [-0.3, -0.25) is 4.79 Å². The molecule has 0 aromatic carbocycles. The van der Waals surface area contributed by atoms with Crippen molar-refractivity contribution in [2.45, 2.75) is 25.7 Å². The van der Waals surface area contributed by atoms with Gasteiger partial charge in [-0.25, -0.2) is 9.78 Å². The summed E-state index contributed by atoms with van der Waals surface area (Å²) in [5.74, 6) is -1.57. The summed E-state index contributed by atoms with van der Waals surface area (Å²) in [6, 6.07) is 3.79. The molecule has 1 aliphatic rings. The minimum atomic E-state index is -5.08. The third kappa shape index (κ3) is 5.83. The van der Waals surface area contributed by atoms with Crippen LogP contribution in [0.4, 0.5) is 13.2 Å². The second kappa shape index (κ2) is 9.12. The van der Waals surface area contributed by atoms with Crippen LogP contribution in [0, 0.1) is 0 Å². The number of fused-ring (bicyclic) bond motifs is 1. The Morgan fingerprint density at radius 2 is 1.90 bits per heavy atom. The maximum absolute atomic E-state index is 12.6. The van der Waals surface area contributed by atoms with Gasteiger partial charge in [-0.1, -0.05) is 0 Å². The highest BCUT2D eigenvalue weighted by molar-refractivity contribution is 5.92. The van der Waals surface area contributed by atoms with E-state index >= 15 is 0 Å². The fourth-order valence-electron chi connectivity index (χ4n) is 2.99. The van der Waals surface area contributed by atoms with Gasteiger partial charge in [-0.15, -0.1) is 0 Å². The molecule has 0 saturated heterocycles. The summed E-state index contributed by atoms with van der Waals surface area (Å²) in [5.41, 5.74) is 1.96. The number of alkyl halides is 3. The Morgan fingerprint density at radius 1 is 1.24 bits per heavy atom. The number of aliphatic carboxylic acids is 1. The number of hydrogen-bond acceptors (Lipinski definition) is 4. The number of carbonyl (C=O) groups is 2. The minimum Gasteiger partial charge on any atom is -0.475 e. The summed E-state index contributed by atoms with van der Waals surface area (Å²) in [4.78, 5) is 30.1. The van der Waals surface area contributed by atoms with Crippen molar-refractivity contribution in [1.82, 2.24) is 23.9 Å². The Bertz CT molecular complexity index is 857. The summed E-state index contributed by atoms with van der Waals surface area (Å²) >= 11 is 0. The molecule has 0 aliphatic carbocycles. The lowest BCUT2D eigenvalue weighted by Gasteiger charge is -2.20. The molecule has 1 amide bonds. The second-order valence-corrected chi connectivity index (χ2v) is 6.90. The van der Waals surface area contributed by atoms with Crippen molar-refractivity contribution < 1.29 is 27.9 Å². The number of hydrogen-bond donors (Lipinski definition) is 1. The molecule has 160 valence electrons. The van der Waals surface area contributed by atoms with E-state index in [1.165, 1.54) is 5.69 Å². The van der Waals surface area contributed by atoms with Gasteiger partial charge >= 0.3 is 12.1 Å². The van der Waals surface area contributed by atoms with Gasteiger partial charge in [-0.2, -0.15) is 13.2 Å². The predicted molar refractivity (Wildman–Crippen MR) is 98.3 cm³/mol. The van der Waals surface area contributed by atoms with E-state index in [0.717, 1.165) is 44.1 Å². The lowest BCUT2D eigenvalue weighted by Crippen LogP contribution is -2.34. The molecule has 0 unspecified atom stereocenters. The van der Waals surface area contributed by atoms with E-state index in [2.05, 4.69) is 28.5 Å². The molecule has 11 heteroatoms. The number of carbonyl (C=O) groups excluding carboxylic acids is 1. The van der Waals surface area contributed by atoms with Gasteiger partial charge in [0.1, 0.15) is 11.5 Å². The van der Waals surface area contributed by atoms with E-state index < -0.39 is 12.1 Å². The molecule has 2 aromatic heterocycles. The van der Waals surface area contributed by atoms with Crippen molar-refractivity contribution >= 4 is 11.9 Å². The molecule has 2 aromatic rings. The molecule has 0 fully saturated rings. The zero-order valence-electron chi connectivity index (χ0n) is 16.5. The Morgan fingerprint density at radius 3 is 2.41 bits per heavy atom. The molecule has 0 spiro atoms. The van der Waals surface area contributed by atoms with E-state index in [-0.39, 0.29) is 5.91 Å². The first kappa shape index (κ1) is 22.5. The highest BCUT2D eigenvalue weighted by Crippen LogP contribution is 2.15. The first-order chi connectivity index (χ1) is 13.5. The van der Waals surface area contributed by atoms with Gasteiger partial charge < -0.3 is 24.0 Å². The van der Waals surface area contributed by atoms with Gasteiger partial charge in [0.2, 0.25) is 0 Å². The average Bonchev–Trinajstić information content (AvgIpc) is 3.13. The van der Waals surface area contributed by atoms with Crippen LogP contribution >= 0.6 is 0 Å². The van der Waals surface area contributed by atoms with E-state index in [9.17, 15) is 18.0 Å². The Labute approximate surface area is 166 Å². The van der Waals surface area contributed by atoms with Gasteiger partial charge in [0.25, 0.3) is 5.91 Å². The Balaban J connectivity index is 0.000000370. The quantitative estimate of drug-likeness (QED) is 0.824. The number of nitrogens with zero attached hydrogens (tertiary/aromatic N) is 5. The molecular formula is C18H24F3N5O3. The number of amides is 1. The minimum absolute atomic E-state index is 0.104. The molecule has 1 aliphatic heterocycles. The summed E-state index contributed by atoms with van der Waals surface area (Å²) < 4.78 is 35.9. The van der Waals surface area contributed by atoms with E-state index in [4.69, 9.17) is 9.90 Å². The molecule has 8 nitrogen and oxygen atoms in total. The van der Waals surface area contributed by atoms with E-state index in [1.54, 1.807) is 0 Å². The molecule has 1 N–H and O–H groups in total. The van der Waals surface area contributed by atoms with E-state index in [1.807, 2.05) is 41.0 Å². The topological polar surface area (TPSA) is 83.6 Å². The number of aryl methyl sites for hydroxylation is 1. The lowest BCUT2D eigenvalue weighted by atomic mass is 10.3. The third-order valence-electron chi connectivity index (χ3n) is 4.39. The first-order valence-electron chi connectivity index (χ1n) is 8.89. The number of carboxylic acid groups (broad SMARTS) is 1. The van der Waals surface area contributed by atoms with Crippen LogP contribution < -0.4 is 0 Å². The molecule has 0 radical (unpaired) electrons. The van der Waals surface area contributed by atoms with E-state index in [0.29, 0.717) is 0 Å². The summed E-state index contributed by atoms with van der Waals surface area (Å²) in [5, 5.41) is 7.12. The van der Waals surface area contributed by atoms with Gasteiger partial charge in [0, 0.05) is 52.0 Å². The van der Waals surface area contributed by atoms with Gasteiger partial charge in [0.15, 0.2) is 0 Å². The number of halogens is 3. The molecule has 3 rings (SSSR count). The normalized spacial score (nSPS) is 14.1. The number of carboxylic acids is 1. The molecule has 0 saturated carbocycles. The summed E-state index contributed by atoms with van der Waals surface area (Å²) in [6.07, 6.45) is -0.404. The summed E-state index contributed by atoms with van der Waals surface area (Å²) in [6.45, 7) is 3.14. The average molecular weight is 415 g/mol. The first-order valence-corrected chi connectivity index (χ1v) is 8.89. The highest BCUT2D eigenvalue weighted by atomic mass is 19.4. The zero-order valence-corrected chi connectivity index (χ0v) is 16.5. The van der Waals surface area contributed by atoms with Crippen molar-refractivity contribution in [3.05, 3.63) is 41.7 Å². The fraction of sp³-hybridized carbons (Fsp3) is 0.500. The van der Waals surface area contributed by atoms with Crippen molar-refractivity contribution in [3.8, 4) is 0 Å². The standard InChI is InChI=1S/C16H23N5O.C2HF3O2/c1-18(2)12-13-11-17-15-6-8-20(9-10-21(13)15)16(22)14-5-4-7-19(14)3;3-2(4,5)1(6)7/h4-5,7,11H,6,8-10,12H2,1-3H3;(H,6,7). The highest BCUT2D eigenvalue weighted by Gasteiger charge is 2.38. The number of rotatable bonds is 3. The maximum Gasteiger partial charge on any atom is 0.490 e. The van der Waals surface area contributed by atoms with Gasteiger partial charge in [0.05, 0.1) is 5.69 Å². The maximum atomic E-state index is 12.6. The zero-order chi connectivity index (χ0) is 21.8. The van der Waals surface area contributed by atoms with Crippen LogP contribution in [0.25, 0.3) is 0 Å². The van der Waals surface area contributed by atoms with Crippen molar-refractivity contribution in [3.63, 3.8) is 0 Å². The van der Waals surface area contributed by atoms with Crippen LogP contribution in [-0.2, 0) is 31.4 Å². The van der Waals surface area contributed by atoms with Gasteiger partial charge in [-0.05, 0) is 26.2 Å². The van der Waals surface area contributed by atoms with Crippen LogP contribution in [-0.4, -0.2) is 74.3 Å². The Kier molecular flexibility index (Phi) is 7.07. The predicted octanol–water partition coefficient (Wildman–Crippen LogP) is 1.61. The molecule has 3 heterocycles. The molecule has 0 atom stereocenters. The van der Waals surface area contributed by atoms with Crippen LogP contribution in [0.2, 0.25) is 0 Å². The fourth-order valence-corrected chi connectivity index (χ4v) is 2.99. The molecular weight excluding hydrogens is 391 g/mol. The number of imidazole rings is 1. The van der Waals surface area contributed by atoms with Crippen molar-refractivity contribution in [1.29, 1.82) is 0 Å². The lowest BCUT2D eigenvalue weighted by molar-refractivity contribution is -0.192. The second-order valence-electron chi connectivity index (χ2n) is 6.90. The Hall–Kier alpha value is -2.82. The van der Waals surface area contributed by atoms with Crippen molar-refractivity contribution in [2.75, 3.05) is 27.2 Å². The number of aromatic nitrogens is 3. The third-order valence-corrected chi connectivity index (χ3v) is 4.39.